The summed E-state index contributed by atoms with van der Waals surface area (Å²) in [6.07, 6.45) is 0.485. The molecule has 0 aromatic rings. The van der Waals surface area contributed by atoms with Crippen LogP contribution in [-0.4, -0.2) is 67.0 Å². The monoisotopic (exact) mass is 299 g/mol. The Hall–Kier alpha value is -1.14. The van der Waals surface area contributed by atoms with Gasteiger partial charge in [0.25, 0.3) is 0 Å². The summed E-state index contributed by atoms with van der Waals surface area (Å²) in [5, 5.41) is 0. The van der Waals surface area contributed by atoms with Gasteiger partial charge < -0.3 is 20.3 Å². The van der Waals surface area contributed by atoms with Crippen molar-refractivity contribution in [3.8, 4) is 0 Å². The van der Waals surface area contributed by atoms with Gasteiger partial charge in [-0.15, -0.1) is 0 Å². The van der Waals surface area contributed by atoms with Crippen molar-refractivity contribution in [2.45, 2.75) is 45.8 Å². The Bertz CT molecular complexity index is 409. The Morgan fingerprint density at radius 1 is 1.29 bits per heavy atom. The zero-order valence-electron chi connectivity index (χ0n) is 14.1. The zero-order valence-corrected chi connectivity index (χ0v) is 14.1. The first-order chi connectivity index (χ1) is 9.61. The molecule has 6 nitrogen and oxygen atoms in total. The molecule has 122 valence electrons. The number of likely N-dealkylation sites (N-methyl/N-ethyl adjacent to an activating group) is 2. The lowest BCUT2D eigenvalue weighted by Crippen LogP contribution is -2.76. The van der Waals surface area contributed by atoms with Crippen molar-refractivity contribution in [2.75, 3.05) is 33.8 Å². The minimum Gasteiger partial charge on any atom is -0.378 e. The van der Waals surface area contributed by atoms with Crippen LogP contribution in [0, 0.1) is 5.41 Å². The van der Waals surface area contributed by atoms with Crippen molar-refractivity contribution in [3.05, 3.63) is 0 Å². The molecule has 0 radical (unpaired) electrons. The van der Waals surface area contributed by atoms with Crippen molar-refractivity contribution in [1.29, 1.82) is 0 Å². The molecule has 0 aromatic heterocycles. The van der Waals surface area contributed by atoms with E-state index in [2.05, 4.69) is 0 Å². The van der Waals surface area contributed by atoms with Gasteiger partial charge in [0.15, 0.2) is 0 Å². The van der Waals surface area contributed by atoms with Crippen molar-refractivity contribution in [1.82, 2.24) is 9.80 Å². The molecular weight excluding hydrogens is 270 g/mol. The third kappa shape index (κ3) is 3.06. The molecule has 0 spiro atoms. The molecule has 2 N–H and O–H groups in total. The van der Waals surface area contributed by atoms with E-state index in [0.29, 0.717) is 19.6 Å². The van der Waals surface area contributed by atoms with Gasteiger partial charge in [-0.2, -0.15) is 0 Å². The number of hydrogen-bond acceptors (Lipinski definition) is 4. The molecule has 2 amide bonds. The van der Waals surface area contributed by atoms with Gasteiger partial charge in [-0.25, -0.2) is 0 Å². The highest BCUT2D eigenvalue weighted by molar-refractivity contribution is 5.92. The average molecular weight is 299 g/mol. The molecule has 0 bridgehead atoms. The summed E-state index contributed by atoms with van der Waals surface area (Å²) in [7, 11) is 3.36. The van der Waals surface area contributed by atoms with Gasteiger partial charge in [0, 0.05) is 39.1 Å². The predicted octanol–water partition coefficient (Wildman–Crippen LogP) is 0.456. The number of carbonyl (C=O) groups is 2. The van der Waals surface area contributed by atoms with Gasteiger partial charge in [-0.1, -0.05) is 13.8 Å². The lowest BCUT2D eigenvalue weighted by Gasteiger charge is -2.58. The summed E-state index contributed by atoms with van der Waals surface area (Å²) < 4.78 is 5.65. The molecule has 1 saturated carbocycles. The minimum atomic E-state index is -0.963. The van der Waals surface area contributed by atoms with E-state index in [9.17, 15) is 9.59 Å². The molecule has 0 aromatic carbocycles. The van der Waals surface area contributed by atoms with E-state index in [1.54, 1.807) is 14.1 Å². The van der Waals surface area contributed by atoms with Gasteiger partial charge in [0.05, 0.1) is 12.6 Å². The van der Waals surface area contributed by atoms with Gasteiger partial charge in [0.1, 0.15) is 5.54 Å². The average Bonchev–Trinajstić information content (AvgIpc) is 2.42. The Labute approximate surface area is 127 Å². The maximum atomic E-state index is 12.8. The van der Waals surface area contributed by atoms with Crippen LogP contribution in [0.1, 0.15) is 34.1 Å². The lowest BCUT2D eigenvalue weighted by molar-refractivity contribution is -0.179. The van der Waals surface area contributed by atoms with Gasteiger partial charge in [0.2, 0.25) is 11.8 Å². The first kappa shape index (κ1) is 17.9. The maximum absolute atomic E-state index is 12.8. The van der Waals surface area contributed by atoms with Crippen molar-refractivity contribution < 1.29 is 14.3 Å². The fourth-order valence-corrected chi connectivity index (χ4v) is 2.71. The van der Waals surface area contributed by atoms with Crippen LogP contribution in [0.2, 0.25) is 0 Å². The second kappa shape index (κ2) is 6.32. The second-order valence-electron chi connectivity index (χ2n) is 6.45. The Morgan fingerprint density at radius 3 is 2.24 bits per heavy atom. The number of nitrogens with two attached hydrogens (primary N) is 1. The van der Waals surface area contributed by atoms with Crippen LogP contribution in [0.25, 0.3) is 0 Å². The fraction of sp³-hybridized carbons (Fsp3) is 0.867. The van der Waals surface area contributed by atoms with E-state index in [4.69, 9.17) is 10.5 Å². The highest BCUT2D eigenvalue weighted by Gasteiger charge is 2.63. The number of hydrogen-bond donors (Lipinski definition) is 1. The number of amides is 2. The number of carbonyl (C=O) groups excluding carboxylic acids is 2. The molecule has 1 rings (SSSR count). The summed E-state index contributed by atoms with van der Waals surface area (Å²) >= 11 is 0. The van der Waals surface area contributed by atoms with E-state index >= 15 is 0 Å². The van der Waals surface area contributed by atoms with E-state index in [-0.39, 0.29) is 24.5 Å². The van der Waals surface area contributed by atoms with Crippen LogP contribution >= 0.6 is 0 Å². The molecule has 6 heteroatoms. The summed E-state index contributed by atoms with van der Waals surface area (Å²) in [6.45, 7) is 8.84. The fourth-order valence-electron chi connectivity index (χ4n) is 2.71. The smallest absolute Gasteiger partial charge is 0.243 e. The number of rotatable bonds is 6. The summed E-state index contributed by atoms with van der Waals surface area (Å²) in [5.41, 5.74) is 4.98. The van der Waals surface area contributed by atoms with Crippen LogP contribution in [0.4, 0.5) is 0 Å². The SMILES string of the molecule is CCOC1CC(N)(C(=O)N(CC)CC(=O)N(C)C)C1(C)C. The topological polar surface area (TPSA) is 75.9 Å². The molecule has 1 aliphatic rings. The Morgan fingerprint density at radius 2 is 1.86 bits per heavy atom. The van der Waals surface area contributed by atoms with Crippen molar-refractivity contribution in [2.24, 2.45) is 11.1 Å². The van der Waals surface area contributed by atoms with Gasteiger partial charge >= 0.3 is 0 Å². The lowest BCUT2D eigenvalue weighted by atomic mass is 9.54. The van der Waals surface area contributed by atoms with Crippen LogP contribution in [0.3, 0.4) is 0 Å². The van der Waals surface area contributed by atoms with Crippen molar-refractivity contribution in [3.63, 3.8) is 0 Å². The first-order valence-corrected chi connectivity index (χ1v) is 7.51. The molecule has 2 unspecified atom stereocenters. The normalized spacial score (nSPS) is 26.9. The van der Waals surface area contributed by atoms with Gasteiger partial charge in [-0.05, 0) is 13.8 Å². The molecular formula is C15H29N3O3. The van der Waals surface area contributed by atoms with E-state index in [1.807, 2.05) is 27.7 Å². The molecule has 2 atom stereocenters. The van der Waals surface area contributed by atoms with Gasteiger partial charge in [-0.3, -0.25) is 9.59 Å². The molecule has 1 aliphatic carbocycles. The minimum absolute atomic E-state index is 0.0142. The van der Waals surface area contributed by atoms with E-state index < -0.39 is 11.0 Å². The highest BCUT2D eigenvalue weighted by Crippen LogP contribution is 2.50. The molecule has 1 fully saturated rings. The van der Waals surface area contributed by atoms with Crippen LogP contribution in [0.15, 0.2) is 0 Å². The molecule has 0 saturated heterocycles. The van der Waals surface area contributed by atoms with Crippen LogP contribution in [-0.2, 0) is 14.3 Å². The number of ether oxygens (including phenoxy) is 1. The highest BCUT2D eigenvalue weighted by atomic mass is 16.5. The zero-order chi connectivity index (χ0) is 16.4. The third-order valence-electron chi connectivity index (χ3n) is 4.71. The maximum Gasteiger partial charge on any atom is 0.243 e. The summed E-state index contributed by atoms with van der Waals surface area (Å²) in [6, 6.07) is 0. The van der Waals surface area contributed by atoms with Crippen LogP contribution in [0.5, 0.6) is 0 Å². The predicted molar refractivity (Wildman–Crippen MR) is 81.7 cm³/mol. The second-order valence-corrected chi connectivity index (χ2v) is 6.45. The molecule has 0 heterocycles. The Kier molecular flexibility index (Phi) is 5.39. The largest absolute Gasteiger partial charge is 0.378 e. The quantitative estimate of drug-likeness (QED) is 0.773. The molecule has 21 heavy (non-hydrogen) atoms. The standard InChI is InChI=1S/C15H29N3O3/c1-7-18(10-12(19)17(5)6)13(20)15(16)9-11(21-8-2)14(15,3)4/h11H,7-10,16H2,1-6H3. The first-order valence-electron chi connectivity index (χ1n) is 7.51. The molecule has 0 aliphatic heterocycles. The van der Waals surface area contributed by atoms with Crippen molar-refractivity contribution >= 4 is 11.8 Å². The van der Waals surface area contributed by atoms with E-state index in [1.165, 1.54) is 9.80 Å². The van der Waals surface area contributed by atoms with E-state index in [0.717, 1.165) is 0 Å². The Balaban J connectivity index is 2.84. The summed E-state index contributed by atoms with van der Waals surface area (Å²) in [4.78, 5) is 27.6. The van der Waals surface area contributed by atoms with Crippen LogP contribution < -0.4 is 5.73 Å². The summed E-state index contributed by atoms with van der Waals surface area (Å²) in [5.74, 6) is -0.270. The number of nitrogens with zero attached hydrogens (tertiary/aromatic N) is 2. The third-order valence-corrected chi connectivity index (χ3v) is 4.71.